The highest BCUT2D eigenvalue weighted by Gasteiger charge is 2.03. The Hall–Kier alpha value is -1.32. The zero-order valence-corrected chi connectivity index (χ0v) is 12.8. The van der Waals surface area contributed by atoms with Crippen LogP contribution in [0, 0.1) is 13.8 Å². The molecule has 0 bridgehead atoms. The summed E-state index contributed by atoms with van der Waals surface area (Å²) in [6, 6.07) is 12.3. The average Bonchev–Trinajstić information content (AvgIpc) is 2.41. The number of rotatable bonds is 4. The third kappa shape index (κ3) is 3.58. The van der Waals surface area contributed by atoms with Crippen LogP contribution in [-0.4, -0.2) is 0 Å². The van der Waals surface area contributed by atoms with Crippen molar-refractivity contribution in [2.75, 3.05) is 0 Å². The second-order valence-corrected chi connectivity index (χ2v) is 5.53. The van der Waals surface area contributed by atoms with Crippen molar-refractivity contribution in [3.63, 3.8) is 0 Å². The van der Waals surface area contributed by atoms with Crippen LogP contribution in [0.25, 0.3) is 0 Å². The first-order chi connectivity index (χ1) is 9.10. The molecule has 0 aliphatic carbocycles. The van der Waals surface area contributed by atoms with Crippen molar-refractivity contribution in [3.8, 4) is 5.75 Å². The molecule has 2 nitrogen and oxygen atoms in total. The van der Waals surface area contributed by atoms with E-state index >= 15 is 0 Å². The van der Waals surface area contributed by atoms with Crippen molar-refractivity contribution < 1.29 is 4.74 Å². The SMILES string of the molecule is Cc1ccc(COc2ccc(CN)cc2Br)cc1C. The molecule has 0 radical (unpaired) electrons. The van der Waals surface area contributed by atoms with Crippen LogP contribution < -0.4 is 10.5 Å². The van der Waals surface area contributed by atoms with E-state index in [2.05, 4.69) is 48.0 Å². The first-order valence-electron chi connectivity index (χ1n) is 6.27. The monoisotopic (exact) mass is 319 g/mol. The van der Waals surface area contributed by atoms with E-state index in [1.54, 1.807) is 0 Å². The van der Waals surface area contributed by atoms with Crippen molar-refractivity contribution in [2.24, 2.45) is 5.73 Å². The van der Waals surface area contributed by atoms with E-state index in [1.807, 2.05) is 18.2 Å². The fourth-order valence-electron chi connectivity index (χ4n) is 1.84. The maximum Gasteiger partial charge on any atom is 0.134 e. The highest BCUT2D eigenvalue weighted by Crippen LogP contribution is 2.26. The third-order valence-electron chi connectivity index (χ3n) is 3.20. The molecule has 2 N–H and O–H groups in total. The van der Waals surface area contributed by atoms with Crippen molar-refractivity contribution in [2.45, 2.75) is 27.0 Å². The van der Waals surface area contributed by atoms with Crippen molar-refractivity contribution in [3.05, 3.63) is 63.1 Å². The standard InChI is InChI=1S/C16H18BrNO/c1-11-3-4-14(7-12(11)2)10-19-16-6-5-13(9-18)8-15(16)17/h3-8H,9-10,18H2,1-2H3. The summed E-state index contributed by atoms with van der Waals surface area (Å²) in [5.41, 5.74) is 10.5. The number of nitrogens with two attached hydrogens (primary N) is 1. The van der Waals surface area contributed by atoms with Gasteiger partial charge in [-0.2, -0.15) is 0 Å². The Morgan fingerprint density at radius 1 is 1.00 bits per heavy atom. The summed E-state index contributed by atoms with van der Waals surface area (Å²) < 4.78 is 6.77. The second kappa shape index (κ2) is 6.22. The smallest absolute Gasteiger partial charge is 0.134 e. The van der Waals surface area contributed by atoms with Crippen LogP contribution in [0.2, 0.25) is 0 Å². The Morgan fingerprint density at radius 2 is 1.74 bits per heavy atom. The van der Waals surface area contributed by atoms with E-state index in [-0.39, 0.29) is 0 Å². The molecule has 0 aromatic heterocycles. The molecule has 0 saturated carbocycles. The van der Waals surface area contributed by atoms with E-state index in [1.165, 1.54) is 16.7 Å². The molecule has 3 heteroatoms. The van der Waals surface area contributed by atoms with Gasteiger partial charge < -0.3 is 10.5 Å². The Morgan fingerprint density at radius 3 is 2.37 bits per heavy atom. The predicted molar refractivity (Wildman–Crippen MR) is 82.3 cm³/mol. The molecule has 0 aliphatic rings. The minimum absolute atomic E-state index is 0.538. The summed E-state index contributed by atoms with van der Waals surface area (Å²) in [5, 5.41) is 0. The van der Waals surface area contributed by atoms with Gasteiger partial charge in [0.15, 0.2) is 0 Å². The molecule has 0 unspecified atom stereocenters. The molecule has 2 aromatic carbocycles. The summed E-state index contributed by atoms with van der Waals surface area (Å²) in [7, 11) is 0. The maximum atomic E-state index is 5.83. The molecule has 0 atom stereocenters. The molecule has 2 aromatic rings. The molecule has 0 aliphatic heterocycles. The lowest BCUT2D eigenvalue weighted by Crippen LogP contribution is -1.99. The molecular weight excluding hydrogens is 302 g/mol. The number of halogens is 1. The van der Waals surface area contributed by atoms with Gasteiger partial charge in [-0.15, -0.1) is 0 Å². The summed E-state index contributed by atoms with van der Waals surface area (Å²) in [6.07, 6.45) is 0. The number of hydrogen-bond donors (Lipinski definition) is 1. The van der Waals surface area contributed by atoms with Crippen LogP contribution in [0.1, 0.15) is 22.3 Å². The lowest BCUT2D eigenvalue weighted by Gasteiger charge is -2.10. The van der Waals surface area contributed by atoms with Crippen LogP contribution in [0.3, 0.4) is 0 Å². The first kappa shape index (κ1) is 14.1. The number of ether oxygens (including phenoxy) is 1. The first-order valence-corrected chi connectivity index (χ1v) is 7.07. The van der Waals surface area contributed by atoms with E-state index < -0.39 is 0 Å². The summed E-state index contributed by atoms with van der Waals surface area (Å²) in [5.74, 6) is 0.843. The Labute approximate surface area is 122 Å². The van der Waals surface area contributed by atoms with Crippen LogP contribution in [0.4, 0.5) is 0 Å². The average molecular weight is 320 g/mol. The van der Waals surface area contributed by atoms with Crippen molar-refractivity contribution in [1.29, 1.82) is 0 Å². The van der Waals surface area contributed by atoms with Crippen LogP contribution in [0.15, 0.2) is 40.9 Å². The molecule has 19 heavy (non-hydrogen) atoms. The fraction of sp³-hybridized carbons (Fsp3) is 0.250. The van der Waals surface area contributed by atoms with E-state index in [0.29, 0.717) is 13.2 Å². The number of hydrogen-bond acceptors (Lipinski definition) is 2. The van der Waals surface area contributed by atoms with Gasteiger partial charge in [-0.3, -0.25) is 0 Å². The number of benzene rings is 2. The van der Waals surface area contributed by atoms with E-state index in [9.17, 15) is 0 Å². The molecule has 0 saturated heterocycles. The van der Waals surface area contributed by atoms with E-state index in [0.717, 1.165) is 15.8 Å². The summed E-state index contributed by atoms with van der Waals surface area (Å²) in [6.45, 7) is 5.34. The molecule has 0 heterocycles. The highest BCUT2D eigenvalue weighted by molar-refractivity contribution is 9.10. The summed E-state index contributed by atoms with van der Waals surface area (Å²) >= 11 is 3.51. The lowest BCUT2D eigenvalue weighted by molar-refractivity contribution is 0.304. The van der Waals surface area contributed by atoms with Crippen LogP contribution in [0.5, 0.6) is 5.75 Å². The van der Waals surface area contributed by atoms with Gasteiger partial charge in [0.2, 0.25) is 0 Å². The van der Waals surface area contributed by atoms with Gasteiger partial charge in [0, 0.05) is 6.54 Å². The van der Waals surface area contributed by atoms with Crippen molar-refractivity contribution >= 4 is 15.9 Å². The Balaban J connectivity index is 2.07. The molecule has 0 fully saturated rings. The molecule has 0 amide bonds. The largest absolute Gasteiger partial charge is 0.488 e. The fourth-order valence-corrected chi connectivity index (χ4v) is 2.38. The molecule has 0 spiro atoms. The van der Waals surface area contributed by atoms with Gasteiger partial charge in [0.25, 0.3) is 0 Å². The van der Waals surface area contributed by atoms with E-state index in [4.69, 9.17) is 10.5 Å². The zero-order chi connectivity index (χ0) is 13.8. The minimum atomic E-state index is 0.538. The second-order valence-electron chi connectivity index (χ2n) is 4.68. The topological polar surface area (TPSA) is 35.2 Å². The minimum Gasteiger partial charge on any atom is -0.488 e. The van der Waals surface area contributed by atoms with Crippen LogP contribution >= 0.6 is 15.9 Å². The maximum absolute atomic E-state index is 5.83. The molecule has 100 valence electrons. The van der Waals surface area contributed by atoms with Gasteiger partial charge in [-0.05, 0) is 64.2 Å². The van der Waals surface area contributed by atoms with Gasteiger partial charge in [0.05, 0.1) is 4.47 Å². The normalized spacial score (nSPS) is 10.5. The highest BCUT2D eigenvalue weighted by atomic mass is 79.9. The quantitative estimate of drug-likeness (QED) is 0.920. The third-order valence-corrected chi connectivity index (χ3v) is 3.82. The summed E-state index contributed by atoms with van der Waals surface area (Å²) in [4.78, 5) is 0. The lowest BCUT2D eigenvalue weighted by atomic mass is 10.1. The van der Waals surface area contributed by atoms with Gasteiger partial charge >= 0.3 is 0 Å². The van der Waals surface area contributed by atoms with Gasteiger partial charge in [-0.25, -0.2) is 0 Å². The molecule has 2 rings (SSSR count). The van der Waals surface area contributed by atoms with Gasteiger partial charge in [0.1, 0.15) is 12.4 Å². The Kier molecular flexibility index (Phi) is 4.61. The van der Waals surface area contributed by atoms with Gasteiger partial charge in [-0.1, -0.05) is 24.3 Å². The molecular formula is C16H18BrNO. The van der Waals surface area contributed by atoms with Crippen LogP contribution in [-0.2, 0) is 13.2 Å². The number of aryl methyl sites for hydroxylation is 2. The Bertz CT molecular complexity index is 581. The van der Waals surface area contributed by atoms with Crippen molar-refractivity contribution in [1.82, 2.24) is 0 Å². The zero-order valence-electron chi connectivity index (χ0n) is 11.2. The predicted octanol–water partition coefficient (Wildman–Crippen LogP) is 4.10.